The average Bonchev–Trinajstić information content (AvgIpc) is 3.48. The van der Waals surface area contributed by atoms with E-state index >= 15 is 0 Å². The summed E-state index contributed by atoms with van der Waals surface area (Å²) in [6.07, 6.45) is 1.39. The number of nitrogen functional groups attached to an aromatic ring is 1. The van der Waals surface area contributed by atoms with Gasteiger partial charge in [-0.25, -0.2) is 10.1 Å². The van der Waals surface area contributed by atoms with Crippen LogP contribution >= 0.6 is 0 Å². The minimum absolute atomic E-state index is 0.0201. The molecule has 0 aliphatic heterocycles. The van der Waals surface area contributed by atoms with Gasteiger partial charge < -0.3 is 15.1 Å². The molecule has 0 bridgehead atoms. The van der Waals surface area contributed by atoms with Gasteiger partial charge in [-0.3, -0.25) is 4.79 Å². The maximum Gasteiger partial charge on any atom is 0.293 e. The number of carbonyl (C=O) groups is 1. The van der Waals surface area contributed by atoms with E-state index in [1.165, 1.54) is 10.9 Å². The molecular weight excluding hydrogens is 402 g/mol. The lowest BCUT2D eigenvalue weighted by atomic mass is 10.2. The molecule has 3 heterocycles. The summed E-state index contributed by atoms with van der Waals surface area (Å²) in [5.41, 5.74) is 9.65. The van der Waals surface area contributed by atoms with Gasteiger partial charge in [-0.05, 0) is 41.5 Å². The molecule has 0 aliphatic rings. The number of hydrazone groups is 1. The molecule has 12 heteroatoms. The van der Waals surface area contributed by atoms with E-state index in [0.29, 0.717) is 11.5 Å². The maximum absolute atomic E-state index is 12.8. The number of furan rings is 1. The second-order valence-corrected chi connectivity index (χ2v) is 6.61. The third kappa shape index (κ3) is 4.27. The smallest absolute Gasteiger partial charge is 0.293 e. The second-order valence-electron chi connectivity index (χ2n) is 6.61. The van der Waals surface area contributed by atoms with Crippen LogP contribution in [0.5, 0.6) is 0 Å². The highest BCUT2D eigenvalue weighted by Gasteiger charge is 2.25. The summed E-state index contributed by atoms with van der Waals surface area (Å²) >= 11 is 0. The van der Waals surface area contributed by atoms with Gasteiger partial charge >= 0.3 is 0 Å². The highest BCUT2D eigenvalue weighted by molar-refractivity contribution is 5.94. The van der Waals surface area contributed by atoms with Crippen LogP contribution in [0.3, 0.4) is 0 Å². The number of hydrogen-bond acceptors (Lipinski definition) is 10. The molecule has 0 saturated heterocycles. The molecule has 4 aromatic rings. The third-order valence-corrected chi connectivity index (χ3v) is 4.38. The number of aryl methyl sites for hydroxylation is 1. The fourth-order valence-electron chi connectivity index (χ4n) is 2.86. The lowest BCUT2D eigenvalue weighted by Crippen LogP contribution is -2.24. The zero-order valence-corrected chi connectivity index (χ0v) is 16.8. The Labute approximate surface area is 176 Å². The molecule has 31 heavy (non-hydrogen) atoms. The third-order valence-electron chi connectivity index (χ3n) is 4.38. The Kier molecular flexibility index (Phi) is 5.43. The van der Waals surface area contributed by atoms with E-state index < -0.39 is 5.91 Å². The van der Waals surface area contributed by atoms with Crippen LogP contribution in [0.2, 0.25) is 0 Å². The number of amides is 1. The van der Waals surface area contributed by atoms with E-state index in [1.807, 2.05) is 49.2 Å². The number of anilines is 2. The van der Waals surface area contributed by atoms with Gasteiger partial charge in [0.2, 0.25) is 11.6 Å². The molecule has 0 radical (unpaired) electrons. The molecule has 0 fully saturated rings. The van der Waals surface area contributed by atoms with Crippen molar-refractivity contribution in [2.24, 2.45) is 5.10 Å². The number of benzene rings is 1. The van der Waals surface area contributed by atoms with Crippen LogP contribution in [0, 0.1) is 6.92 Å². The number of carbonyl (C=O) groups excluding carboxylic acids is 1. The summed E-state index contributed by atoms with van der Waals surface area (Å²) in [4.78, 5) is 14.7. The Morgan fingerprint density at radius 1 is 1.26 bits per heavy atom. The molecule has 1 aromatic carbocycles. The maximum atomic E-state index is 12.8. The number of hydrogen-bond donors (Lipinski definition) is 2. The molecule has 3 aromatic heterocycles. The van der Waals surface area contributed by atoms with Crippen LogP contribution in [0.1, 0.15) is 27.7 Å². The zero-order chi connectivity index (χ0) is 21.8. The molecule has 1 amide bonds. The quantitative estimate of drug-likeness (QED) is 0.334. The van der Waals surface area contributed by atoms with Crippen LogP contribution in [-0.2, 0) is 6.54 Å². The topological polar surface area (TPSA) is 153 Å². The van der Waals surface area contributed by atoms with Crippen molar-refractivity contribution in [3.63, 3.8) is 0 Å². The van der Waals surface area contributed by atoms with Crippen molar-refractivity contribution in [3.05, 3.63) is 65.4 Å². The van der Waals surface area contributed by atoms with E-state index in [4.69, 9.17) is 10.2 Å². The predicted molar refractivity (Wildman–Crippen MR) is 111 cm³/mol. The Balaban J connectivity index is 1.62. The summed E-state index contributed by atoms with van der Waals surface area (Å²) in [5.74, 6) is 0.842. The standard InChI is InChI=1S/C19H19N9O3/c1-12-8-9-14(30-12)10-21-23-19(29)16-15(11-27(2)13-6-4-3-5-7-13)28(26-22-16)18-17(20)24-31-25-18/h3-10H,11H2,1-2H3,(H2,20,24)(H,23,29)/b21-10+. The first-order valence-corrected chi connectivity index (χ1v) is 9.22. The van der Waals surface area contributed by atoms with Gasteiger partial charge in [-0.2, -0.15) is 9.78 Å². The van der Waals surface area contributed by atoms with Crippen LogP contribution in [0.4, 0.5) is 11.5 Å². The van der Waals surface area contributed by atoms with E-state index in [-0.39, 0.29) is 23.9 Å². The first kappa shape index (κ1) is 19.8. The Hall–Kier alpha value is -4.48. The first-order valence-electron chi connectivity index (χ1n) is 9.22. The van der Waals surface area contributed by atoms with Crippen molar-refractivity contribution in [2.45, 2.75) is 13.5 Å². The van der Waals surface area contributed by atoms with Crippen LogP contribution < -0.4 is 16.1 Å². The minimum Gasteiger partial charge on any atom is -0.460 e. The number of para-hydroxylation sites is 1. The predicted octanol–water partition coefficient (Wildman–Crippen LogP) is 1.53. The fourth-order valence-corrected chi connectivity index (χ4v) is 2.86. The van der Waals surface area contributed by atoms with Crippen LogP contribution in [-0.4, -0.2) is 44.5 Å². The van der Waals surface area contributed by atoms with E-state index in [2.05, 4.69) is 35.8 Å². The van der Waals surface area contributed by atoms with Crippen molar-refractivity contribution >= 4 is 23.6 Å². The first-order chi connectivity index (χ1) is 15.0. The van der Waals surface area contributed by atoms with Gasteiger partial charge in [0.05, 0.1) is 18.5 Å². The number of nitrogens with two attached hydrogens (primary N) is 1. The second kappa shape index (κ2) is 8.49. The fraction of sp³-hybridized carbons (Fsp3) is 0.158. The lowest BCUT2D eigenvalue weighted by molar-refractivity contribution is 0.0949. The number of rotatable bonds is 7. The molecule has 0 atom stereocenters. The molecular formula is C19H19N9O3. The van der Waals surface area contributed by atoms with Crippen molar-refractivity contribution in [1.82, 2.24) is 30.7 Å². The molecule has 0 unspecified atom stereocenters. The summed E-state index contributed by atoms with van der Waals surface area (Å²) in [7, 11) is 1.87. The summed E-state index contributed by atoms with van der Waals surface area (Å²) in [5, 5.41) is 19.3. The Morgan fingerprint density at radius 3 is 2.74 bits per heavy atom. The van der Waals surface area contributed by atoms with Crippen molar-refractivity contribution in [3.8, 4) is 5.82 Å². The lowest BCUT2D eigenvalue weighted by Gasteiger charge is -2.19. The highest BCUT2D eigenvalue weighted by Crippen LogP contribution is 2.20. The number of aromatic nitrogens is 5. The summed E-state index contributed by atoms with van der Waals surface area (Å²) in [6.45, 7) is 2.08. The van der Waals surface area contributed by atoms with Crippen molar-refractivity contribution < 1.29 is 13.8 Å². The summed E-state index contributed by atoms with van der Waals surface area (Å²) in [6, 6.07) is 13.2. The normalized spacial score (nSPS) is 11.2. The van der Waals surface area contributed by atoms with Gasteiger partial charge in [0, 0.05) is 12.7 Å². The van der Waals surface area contributed by atoms with Gasteiger partial charge in [0.25, 0.3) is 5.91 Å². The Bertz CT molecular complexity index is 1210. The molecule has 158 valence electrons. The summed E-state index contributed by atoms with van der Waals surface area (Å²) < 4.78 is 11.4. The van der Waals surface area contributed by atoms with Crippen molar-refractivity contribution in [2.75, 3.05) is 17.7 Å². The van der Waals surface area contributed by atoms with Gasteiger partial charge in [-0.1, -0.05) is 23.4 Å². The molecule has 4 rings (SSSR count). The van der Waals surface area contributed by atoms with Crippen molar-refractivity contribution in [1.29, 1.82) is 0 Å². The molecule has 0 spiro atoms. The SMILES string of the molecule is Cc1ccc(/C=N/NC(=O)c2nnn(-c3nonc3N)c2CN(C)c2ccccc2)o1. The largest absolute Gasteiger partial charge is 0.460 e. The van der Waals surface area contributed by atoms with Crippen LogP contribution in [0.25, 0.3) is 5.82 Å². The highest BCUT2D eigenvalue weighted by atomic mass is 16.6. The van der Waals surface area contributed by atoms with E-state index in [1.54, 1.807) is 12.1 Å². The number of nitrogens with one attached hydrogen (secondary N) is 1. The Morgan fingerprint density at radius 2 is 2.06 bits per heavy atom. The molecule has 3 N–H and O–H groups in total. The van der Waals surface area contributed by atoms with Gasteiger partial charge in [0.1, 0.15) is 11.5 Å². The monoisotopic (exact) mass is 421 g/mol. The molecule has 12 nitrogen and oxygen atoms in total. The van der Waals surface area contributed by atoms with E-state index in [0.717, 1.165) is 11.4 Å². The van der Waals surface area contributed by atoms with Gasteiger partial charge in [-0.15, -0.1) is 5.10 Å². The average molecular weight is 421 g/mol. The minimum atomic E-state index is -0.558. The number of nitrogens with zero attached hydrogens (tertiary/aromatic N) is 7. The van der Waals surface area contributed by atoms with Gasteiger partial charge in [0.15, 0.2) is 5.69 Å². The molecule has 0 saturated carbocycles. The zero-order valence-electron chi connectivity index (χ0n) is 16.8. The van der Waals surface area contributed by atoms with Crippen LogP contribution in [0.15, 0.2) is 56.6 Å². The molecule has 0 aliphatic carbocycles. The van der Waals surface area contributed by atoms with E-state index in [9.17, 15) is 4.79 Å².